The molecule has 0 aliphatic carbocycles. The number of carbonyl (C=O) groups excluding carboxylic acids is 1. The minimum atomic E-state index is 0.0886. The predicted molar refractivity (Wildman–Crippen MR) is 94.0 cm³/mol. The minimum Gasteiger partial charge on any atom is -0.360 e. The molecule has 0 N–H and O–H groups in total. The second kappa shape index (κ2) is 7.47. The molecule has 0 saturated carbocycles. The van der Waals surface area contributed by atoms with Gasteiger partial charge >= 0.3 is 0 Å². The van der Waals surface area contributed by atoms with E-state index in [0.29, 0.717) is 11.5 Å². The summed E-state index contributed by atoms with van der Waals surface area (Å²) in [6.07, 6.45) is 7.55. The monoisotopic (exact) mass is 327 g/mol. The highest BCUT2D eigenvalue weighted by Crippen LogP contribution is 2.21. The average Bonchev–Trinajstić information content (AvgIpc) is 3.14. The lowest BCUT2D eigenvalue weighted by Crippen LogP contribution is -2.39. The highest BCUT2D eigenvalue weighted by molar-refractivity contribution is 5.94. The third kappa shape index (κ3) is 3.75. The Hall–Kier alpha value is -2.37. The molecule has 2 aromatic rings. The molecular formula is C18H25N5O. The molecular weight excluding hydrogens is 302 g/mol. The molecule has 0 aromatic carbocycles. The molecule has 6 nitrogen and oxygen atoms in total. The van der Waals surface area contributed by atoms with Crippen molar-refractivity contribution in [3.63, 3.8) is 0 Å². The molecule has 0 bridgehead atoms. The van der Waals surface area contributed by atoms with Crippen LogP contribution in [0.25, 0.3) is 0 Å². The standard InChI is InChI=1S/C18H25N5O/c1-3-21(2)17-6-5-16(13-19-17)18(24)22-11-7-15(8-12-22)14-23-10-4-9-20-23/h4-6,9-10,13,15H,3,7-8,11-12,14H2,1-2H3. The lowest BCUT2D eigenvalue weighted by atomic mass is 9.96. The number of hydrogen-bond acceptors (Lipinski definition) is 4. The quantitative estimate of drug-likeness (QED) is 0.845. The van der Waals surface area contributed by atoms with E-state index in [1.165, 1.54) is 0 Å². The summed E-state index contributed by atoms with van der Waals surface area (Å²) in [5.41, 5.74) is 0.675. The van der Waals surface area contributed by atoms with E-state index in [2.05, 4.69) is 21.9 Å². The molecule has 1 saturated heterocycles. The summed E-state index contributed by atoms with van der Waals surface area (Å²) in [5, 5.41) is 4.27. The molecule has 3 heterocycles. The summed E-state index contributed by atoms with van der Waals surface area (Å²) >= 11 is 0. The Kier molecular flexibility index (Phi) is 5.13. The van der Waals surface area contributed by atoms with E-state index in [1.54, 1.807) is 6.20 Å². The summed E-state index contributed by atoms with van der Waals surface area (Å²) < 4.78 is 1.98. The number of carbonyl (C=O) groups is 1. The number of anilines is 1. The van der Waals surface area contributed by atoms with Gasteiger partial charge in [-0.2, -0.15) is 5.10 Å². The third-order valence-corrected chi connectivity index (χ3v) is 4.77. The molecule has 0 atom stereocenters. The van der Waals surface area contributed by atoms with E-state index < -0.39 is 0 Å². The van der Waals surface area contributed by atoms with Crippen molar-refractivity contribution in [3.8, 4) is 0 Å². The van der Waals surface area contributed by atoms with Crippen molar-refractivity contribution < 1.29 is 4.79 Å². The van der Waals surface area contributed by atoms with Crippen LogP contribution in [-0.2, 0) is 6.54 Å². The molecule has 1 fully saturated rings. The zero-order valence-corrected chi connectivity index (χ0v) is 14.4. The van der Waals surface area contributed by atoms with Crippen molar-refractivity contribution in [1.29, 1.82) is 0 Å². The maximum Gasteiger partial charge on any atom is 0.255 e. The van der Waals surface area contributed by atoms with Crippen LogP contribution < -0.4 is 4.90 Å². The second-order valence-corrected chi connectivity index (χ2v) is 6.38. The van der Waals surface area contributed by atoms with Gasteiger partial charge in [-0.3, -0.25) is 9.48 Å². The Labute approximate surface area is 143 Å². The first-order chi connectivity index (χ1) is 11.7. The van der Waals surface area contributed by atoms with Crippen LogP contribution >= 0.6 is 0 Å². The van der Waals surface area contributed by atoms with Crippen LogP contribution in [0.4, 0.5) is 5.82 Å². The number of nitrogens with zero attached hydrogens (tertiary/aromatic N) is 5. The number of likely N-dealkylation sites (tertiary alicyclic amines) is 1. The Morgan fingerprint density at radius 3 is 2.71 bits per heavy atom. The fourth-order valence-corrected chi connectivity index (χ4v) is 3.07. The van der Waals surface area contributed by atoms with Crippen molar-refractivity contribution >= 4 is 11.7 Å². The molecule has 1 amide bonds. The van der Waals surface area contributed by atoms with E-state index in [-0.39, 0.29) is 5.91 Å². The van der Waals surface area contributed by atoms with Crippen molar-refractivity contribution in [2.45, 2.75) is 26.3 Å². The van der Waals surface area contributed by atoms with Gasteiger partial charge in [-0.25, -0.2) is 4.98 Å². The van der Waals surface area contributed by atoms with Gasteiger partial charge in [-0.05, 0) is 43.9 Å². The van der Waals surface area contributed by atoms with Gasteiger partial charge < -0.3 is 9.80 Å². The Balaban J connectivity index is 1.55. The Bertz CT molecular complexity index is 645. The van der Waals surface area contributed by atoms with E-state index in [4.69, 9.17) is 0 Å². The molecule has 6 heteroatoms. The fraction of sp³-hybridized carbons (Fsp3) is 0.500. The van der Waals surface area contributed by atoms with E-state index in [9.17, 15) is 4.79 Å². The smallest absolute Gasteiger partial charge is 0.255 e. The summed E-state index contributed by atoms with van der Waals surface area (Å²) in [5.74, 6) is 1.57. The van der Waals surface area contributed by atoms with Gasteiger partial charge in [0.15, 0.2) is 0 Å². The first kappa shape index (κ1) is 16.5. The number of pyridine rings is 1. The largest absolute Gasteiger partial charge is 0.360 e. The molecule has 1 aliphatic rings. The zero-order chi connectivity index (χ0) is 16.9. The van der Waals surface area contributed by atoms with Crippen LogP contribution in [0.15, 0.2) is 36.8 Å². The highest BCUT2D eigenvalue weighted by Gasteiger charge is 2.24. The maximum atomic E-state index is 12.6. The Morgan fingerprint density at radius 1 is 1.33 bits per heavy atom. The SMILES string of the molecule is CCN(C)c1ccc(C(=O)N2CCC(Cn3cccn3)CC2)cn1. The summed E-state index contributed by atoms with van der Waals surface area (Å²) in [6, 6.07) is 5.75. The van der Waals surface area contributed by atoms with Gasteiger partial charge in [0.25, 0.3) is 5.91 Å². The molecule has 24 heavy (non-hydrogen) atoms. The average molecular weight is 327 g/mol. The van der Waals surface area contributed by atoms with Gasteiger partial charge in [-0.1, -0.05) is 0 Å². The topological polar surface area (TPSA) is 54.3 Å². The molecule has 1 aliphatic heterocycles. The number of amides is 1. The minimum absolute atomic E-state index is 0.0886. The van der Waals surface area contributed by atoms with Gasteiger partial charge in [0.1, 0.15) is 5.82 Å². The van der Waals surface area contributed by atoms with Crippen molar-refractivity contribution in [1.82, 2.24) is 19.7 Å². The van der Waals surface area contributed by atoms with Gasteiger partial charge in [-0.15, -0.1) is 0 Å². The molecule has 0 spiro atoms. The van der Waals surface area contributed by atoms with Crippen molar-refractivity contribution in [2.24, 2.45) is 5.92 Å². The third-order valence-electron chi connectivity index (χ3n) is 4.77. The first-order valence-corrected chi connectivity index (χ1v) is 8.61. The summed E-state index contributed by atoms with van der Waals surface area (Å²) in [6.45, 7) is 5.52. The van der Waals surface area contributed by atoms with Gasteiger partial charge in [0, 0.05) is 51.8 Å². The van der Waals surface area contributed by atoms with Crippen LogP contribution in [0.3, 0.4) is 0 Å². The van der Waals surface area contributed by atoms with Crippen LogP contribution in [-0.4, -0.2) is 52.3 Å². The van der Waals surface area contributed by atoms with Gasteiger partial charge in [0.05, 0.1) is 5.56 Å². The Morgan fingerprint density at radius 2 is 2.12 bits per heavy atom. The highest BCUT2D eigenvalue weighted by atomic mass is 16.2. The molecule has 0 radical (unpaired) electrons. The van der Waals surface area contributed by atoms with Crippen LogP contribution in [0.5, 0.6) is 0 Å². The number of hydrogen-bond donors (Lipinski definition) is 0. The second-order valence-electron chi connectivity index (χ2n) is 6.38. The maximum absolute atomic E-state index is 12.6. The lowest BCUT2D eigenvalue weighted by molar-refractivity contribution is 0.0681. The lowest BCUT2D eigenvalue weighted by Gasteiger charge is -2.32. The molecule has 128 valence electrons. The number of piperidine rings is 1. The molecule has 0 unspecified atom stereocenters. The van der Waals surface area contributed by atoms with Crippen LogP contribution in [0.1, 0.15) is 30.1 Å². The number of rotatable bonds is 5. The van der Waals surface area contributed by atoms with Crippen LogP contribution in [0.2, 0.25) is 0 Å². The first-order valence-electron chi connectivity index (χ1n) is 8.61. The van der Waals surface area contributed by atoms with Crippen molar-refractivity contribution in [2.75, 3.05) is 31.6 Å². The summed E-state index contributed by atoms with van der Waals surface area (Å²) in [7, 11) is 1.99. The normalized spacial score (nSPS) is 15.5. The van der Waals surface area contributed by atoms with Crippen LogP contribution in [0, 0.1) is 5.92 Å². The van der Waals surface area contributed by atoms with E-state index >= 15 is 0 Å². The molecule has 2 aromatic heterocycles. The predicted octanol–water partition coefficient (Wildman–Crippen LogP) is 2.29. The van der Waals surface area contributed by atoms with Gasteiger partial charge in [0.2, 0.25) is 0 Å². The molecule has 3 rings (SSSR count). The van der Waals surface area contributed by atoms with E-state index in [0.717, 1.165) is 44.8 Å². The van der Waals surface area contributed by atoms with E-state index in [1.807, 2.05) is 47.2 Å². The number of aromatic nitrogens is 3. The van der Waals surface area contributed by atoms with Crippen molar-refractivity contribution in [3.05, 3.63) is 42.4 Å². The fourth-order valence-electron chi connectivity index (χ4n) is 3.07. The zero-order valence-electron chi connectivity index (χ0n) is 14.4. The summed E-state index contributed by atoms with van der Waals surface area (Å²) in [4.78, 5) is 21.0.